The molecule has 1 saturated heterocycles. The van der Waals surface area contributed by atoms with Gasteiger partial charge in [0, 0.05) is 80.6 Å². The number of fused-ring (bicyclic) bond motifs is 7. The number of pyridine rings is 1. The van der Waals surface area contributed by atoms with E-state index < -0.39 is 71.5 Å². The van der Waals surface area contributed by atoms with Crippen LogP contribution in [0.3, 0.4) is 0 Å². The Morgan fingerprint density at radius 3 is 1.56 bits per heavy atom. The van der Waals surface area contributed by atoms with Crippen molar-refractivity contribution in [3.05, 3.63) is 183 Å². The highest BCUT2D eigenvalue weighted by Gasteiger charge is 2.49. The minimum absolute atomic E-state index is 0.00588. The normalized spacial score (nSPS) is 22.7. The van der Waals surface area contributed by atoms with Crippen LogP contribution in [0, 0.1) is 0 Å². The molecule has 1 aromatic heterocycles. The Hall–Kier alpha value is -7.26. The summed E-state index contributed by atoms with van der Waals surface area (Å²) in [5, 5.41) is 46.2. The Bertz CT molecular complexity index is 2940. The second-order valence-corrected chi connectivity index (χ2v) is 16.9. The third-order valence-electron chi connectivity index (χ3n) is 12.8. The number of carbonyl (C=O) groups is 5. The van der Waals surface area contributed by atoms with Gasteiger partial charge in [-0.15, -0.1) is 0 Å². The predicted molar refractivity (Wildman–Crippen MR) is 243 cm³/mol. The van der Waals surface area contributed by atoms with E-state index in [2.05, 4.69) is 23.2 Å². The summed E-state index contributed by atoms with van der Waals surface area (Å²) in [4.78, 5) is 67.8. The maximum atomic E-state index is 13.3. The molecular formula is C53H44N2O11. The van der Waals surface area contributed by atoms with Crippen LogP contribution in [-0.4, -0.2) is 84.5 Å². The number of hydrogen-bond donors (Lipinski definition) is 5. The number of hydrogen-bond acceptors (Lipinski definition) is 13. The number of nitrogens with two attached hydrogens (primary N) is 1. The highest BCUT2D eigenvalue weighted by molar-refractivity contribution is 6.31. The Balaban J connectivity index is 0.000000148. The molecular weight excluding hydrogens is 841 g/mol. The van der Waals surface area contributed by atoms with Gasteiger partial charge in [0.2, 0.25) is 0 Å². The van der Waals surface area contributed by atoms with Crippen LogP contribution in [-0.2, 0) is 20.7 Å². The summed E-state index contributed by atoms with van der Waals surface area (Å²) in [6, 6.07) is 37.9. The average molecular weight is 885 g/mol. The number of phenols is 2. The Kier molecular flexibility index (Phi) is 11.5. The van der Waals surface area contributed by atoms with Crippen LogP contribution < -0.4 is 5.73 Å². The molecule has 1 aliphatic heterocycles. The van der Waals surface area contributed by atoms with Gasteiger partial charge in [0.1, 0.15) is 17.1 Å². The van der Waals surface area contributed by atoms with Crippen LogP contribution in [0.1, 0.15) is 108 Å². The first kappa shape index (κ1) is 44.0. The van der Waals surface area contributed by atoms with Crippen LogP contribution in [0.25, 0.3) is 21.8 Å². The third-order valence-corrected chi connectivity index (χ3v) is 12.8. The van der Waals surface area contributed by atoms with E-state index in [-0.39, 0.29) is 57.8 Å². The number of aliphatic hydroxyl groups excluding tert-OH is 1. The first-order valence-electron chi connectivity index (χ1n) is 21.5. The number of para-hydroxylation sites is 2. The number of aromatic hydroxyl groups is 2. The zero-order valence-corrected chi connectivity index (χ0v) is 35.8. The summed E-state index contributed by atoms with van der Waals surface area (Å²) >= 11 is 0. The van der Waals surface area contributed by atoms with Gasteiger partial charge in [-0.3, -0.25) is 24.0 Å². The maximum Gasteiger partial charge on any atom is 0.198 e. The minimum Gasteiger partial charge on any atom is -0.507 e. The van der Waals surface area contributed by atoms with Crippen molar-refractivity contribution in [3.63, 3.8) is 0 Å². The lowest BCUT2D eigenvalue weighted by atomic mass is 9.72. The molecule has 13 nitrogen and oxygen atoms in total. The fraction of sp³-hybridized carbons (Fsp3) is 0.208. The van der Waals surface area contributed by atoms with Gasteiger partial charge in [0.25, 0.3) is 0 Å². The monoisotopic (exact) mass is 884 g/mol. The summed E-state index contributed by atoms with van der Waals surface area (Å²) in [5.74, 6) is -3.19. The molecule has 6 atom stereocenters. The lowest BCUT2D eigenvalue weighted by Crippen LogP contribution is -2.52. The number of benzene rings is 6. The molecule has 6 aromatic carbocycles. The summed E-state index contributed by atoms with van der Waals surface area (Å²) in [6.45, 7) is 2.80. The molecule has 332 valence electrons. The molecule has 3 aliphatic carbocycles. The molecule has 1 fully saturated rings. The van der Waals surface area contributed by atoms with Crippen molar-refractivity contribution in [2.24, 2.45) is 5.73 Å². The first-order chi connectivity index (χ1) is 31.7. The van der Waals surface area contributed by atoms with Gasteiger partial charge in [-0.1, -0.05) is 109 Å². The molecule has 0 saturated carbocycles. The molecule has 0 radical (unpaired) electrons. The standard InChI is InChI=1S/C26H27NO9.C14H8O2.C13H9N/c1-10-21(29)15(27)7-17(35-10)36-16-9-26(34,11(2)28)8-14-18(16)25(33)20-19(24(14)32)22(30)12-5-3-4-6-13(12)23(20)31;15-13-9-5-1-2-6-10(9)14(16)12-8-4-3-7-11(12)13;1-3-7-12-10(5-1)9-11-6-2-4-8-13(11)14-12/h3-6,10,15-17,21,29,32-34H,7-9,27H2,1-2H3;1-8H;1-9H/t10-,15-,16-,17-,21+,26-;;/m0../s1. The zero-order valence-electron chi connectivity index (χ0n) is 35.8. The first-order valence-corrected chi connectivity index (χ1v) is 21.5. The highest BCUT2D eigenvalue weighted by atomic mass is 16.7. The van der Waals surface area contributed by atoms with Crippen LogP contribution in [0.5, 0.6) is 11.5 Å². The largest absolute Gasteiger partial charge is 0.507 e. The molecule has 0 amide bonds. The van der Waals surface area contributed by atoms with Gasteiger partial charge >= 0.3 is 0 Å². The number of aromatic nitrogens is 1. The number of ether oxygens (including phenoxy) is 2. The van der Waals surface area contributed by atoms with Crippen molar-refractivity contribution in [3.8, 4) is 11.5 Å². The molecule has 0 unspecified atom stereocenters. The van der Waals surface area contributed by atoms with Crippen LogP contribution >= 0.6 is 0 Å². The van der Waals surface area contributed by atoms with Crippen LogP contribution in [0.2, 0.25) is 0 Å². The summed E-state index contributed by atoms with van der Waals surface area (Å²) in [6.07, 6.45) is -4.38. The molecule has 66 heavy (non-hydrogen) atoms. The van der Waals surface area contributed by atoms with E-state index in [1.54, 1.807) is 67.6 Å². The van der Waals surface area contributed by atoms with Gasteiger partial charge < -0.3 is 35.6 Å². The van der Waals surface area contributed by atoms with E-state index in [0.29, 0.717) is 22.3 Å². The lowest BCUT2D eigenvalue weighted by Gasteiger charge is -2.42. The minimum atomic E-state index is -1.97. The number of nitrogens with zero attached hydrogens (tertiary/aromatic N) is 1. The van der Waals surface area contributed by atoms with E-state index in [0.717, 1.165) is 11.0 Å². The summed E-state index contributed by atoms with van der Waals surface area (Å²) < 4.78 is 11.8. The van der Waals surface area contributed by atoms with Gasteiger partial charge in [-0.05, 0) is 32.0 Å². The van der Waals surface area contributed by atoms with E-state index in [1.807, 2.05) is 36.4 Å². The van der Waals surface area contributed by atoms with E-state index in [4.69, 9.17) is 15.2 Å². The average Bonchev–Trinajstić information content (AvgIpc) is 3.32. The Labute approximate surface area is 378 Å². The van der Waals surface area contributed by atoms with Crippen molar-refractivity contribution in [2.45, 2.75) is 69.4 Å². The lowest BCUT2D eigenvalue weighted by molar-refractivity contribution is -0.247. The van der Waals surface area contributed by atoms with Gasteiger partial charge in [-0.2, -0.15) is 0 Å². The van der Waals surface area contributed by atoms with E-state index >= 15 is 0 Å². The second kappa shape index (κ2) is 17.3. The van der Waals surface area contributed by atoms with Crippen LogP contribution in [0.4, 0.5) is 0 Å². The Morgan fingerprint density at radius 2 is 1.11 bits per heavy atom. The predicted octanol–water partition coefficient (Wildman–Crippen LogP) is 6.87. The van der Waals surface area contributed by atoms with E-state index in [9.17, 15) is 44.4 Å². The summed E-state index contributed by atoms with van der Waals surface area (Å²) in [5.41, 5.74) is 7.52. The number of carbonyl (C=O) groups excluding carboxylic acids is 5. The van der Waals surface area contributed by atoms with Crippen molar-refractivity contribution >= 4 is 50.7 Å². The highest BCUT2D eigenvalue weighted by Crippen LogP contribution is 2.52. The number of rotatable bonds is 3. The molecule has 0 spiro atoms. The van der Waals surface area contributed by atoms with Gasteiger partial charge in [0.15, 0.2) is 35.2 Å². The number of ketones is 5. The van der Waals surface area contributed by atoms with Crippen molar-refractivity contribution < 1.29 is 53.9 Å². The quantitative estimate of drug-likeness (QED) is 0.0904. The van der Waals surface area contributed by atoms with Gasteiger partial charge in [-0.25, -0.2) is 4.98 Å². The maximum absolute atomic E-state index is 13.3. The molecule has 11 rings (SSSR count). The topological polar surface area (TPSA) is 224 Å². The van der Waals surface area contributed by atoms with Crippen molar-refractivity contribution in [1.29, 1.82) is 0 Å². The zero-order chi connectivity index (χ0) is 46.6. The Morgan fingerprint density at radius 1 is 0.682 bits per heavy atom. The molecule has 2 heterocycles. The SMILES string of the molecule is CC(=O)[C@]1(O)Cc2c(O)c3c(c(O)c2[C@@H](O[C@H]2C[C@H](N)[C@H](O)[C@H](C)O2)C1)C(=O)c1ccccc1C3=O.O=C1c2ccccc2C(=O)c2ccccc21.c1ccc2nc3ccccc3cc2c1. The molecule has 0 bridgehead atoms. The van der Waals surface area contributed by atoms with E-state index in [1.165, 1.54) is 29.8 Å². The molecule has 6 N–H and O–H groups in total. The number of aliphatic hydroxyl groups is 2. The molecule has 7 aromatic rings. The fourth-order valence-electron chi connectivity index (χ4n) is 9.19. The summed E-state index contributed by atoms with van der Waals surface area (Å²) in [7, 11) is 0. The smallest absolute Gasteiger partial charge is 0.198 e. The molecule has 4 aliphatic rings. The van der Waals surface area contributed by atoms with Crippen LogP contribution in [0.15, 0.2) is 127 Å². The van der Waals surface area contributed by atoms with Crippen molar-refractivity contribution in [1.82, 2.24) is 4.98 Å². The third kappa shape index (κ3) is 7.66. The van der Waals surface area contributed by atoms with Gasteiger partial charge in [0.05, 0.1) is 40.5 Å². The number of phenolic OH excluding ortho intramolecular Hbond substituents is 2. The van der Waals surface area contributed by atoms with Crippen molar-refractivity contribution in [2.75, 3.05) is 0 Å². The second-order valence-electron chi connectivity index (χ2n) is 16.9. The fourth-order valence-corrected chi connectivity index (χ4v) is 9.19. The number of Topliss-reactive ketones (excluding diaryl/α,β-unsaturated/α-hetero) is 1. The molecule has 13 heteroatoms.